The molecule has 1 aromatic carbocycles. The van der Waals surface area contributed by atoms with Gasteiger partial charge in [-0.1, -0.05) is 39.0 Å². The van der Waals surface area contributed by atoms with Crippen LogP contribution in [0.25, 0.3) is 0 Å². The highest BCUT2D eigenvalue weighted by atomic mass is 32.2. The summed E-state index contributed by atoms with van der Waals surface area (Å²) in [5.41, 5.74) is 0. The van der Waals surface area contributed by atoms with Gasteiger partial charge in [0.1, 0.15) is 0 Å². The largest absolute Gasteiger partial charge is 0.357 e. The van der Waals surface area contributed by atoms with Crippen LogP contribution >= 0.6 is 0 Å². The van der Waals surface area contributed by atoms with Crippen molar-refractivity contribution in [3.63, 3.8) is 0 Å². The van der Waals surface area contributed by atoms with Crippen molar-refractivity contribution in [2.75, 3.05) is 18.8 Å². The van der Waals surface area contributed by atoms with Gasteiger partial charge in [0.25, 0.3) is 0 Å². The van der Waals surface area contributed by atoms with Gasteiger partial charge in [0, 0.05) is 19.1 Å². The Labute approximate surface area is 140 Å². The molecular weight excluding hydrogens is 310 g/mol. The van der Waals surface area contributed by atoms with Crippen LogP contribution in [0.1, 0.15) is 34.1 Å². The molecular formula is C17H29N3O2S. The second-order valence-corrected chi connectivity index (χ2v) is 7.99. The van der Waals surface area contributed by atoms with Gasteiger partial charge in [0.2, 0.25) is 0 Å². The van der Waals surface area contributed by atoms with E-state index in [1.165, 1.54) is 0 Å². The molecule has 0 aliphatic rings. The highest BCUT2D eigenvalue weighted by molar-refractivity contribution is 7.91. The molecule has 0 aliphatic heterocycles. The average Bonchev–Trinajstić information content (AvgIpc) is 2.52. The molecule has 0 amide bonds. The fourth-order valence-corrected chi connectivity index (χ4v) is 3.65. The molecule has 0 aliphatic carbocycles. The molecule has 0 bridgehead atoms. The van der Waals surface area contributed by atoms with Gasteiger partial charge < -0.3 is 10.6 Å². The SMILES string of the molecule is CCNC(=NCC(C)C)NC(CC)CS(=O)(=O)c1ccccc1. The van der Waals surface area contributed by atoms with Crippen LogP contribution in [-0.2, 0) is 9.84 Å². The van der Waals surface area contributed by atoms with E-state index in [0.717, 1.165) is 6.54 Å². The Morgan fingerprint density at radius 1 is 1.17 bits per heavy atom. The third kappa shape index (κ3) is 7.03. The molecule has 0 spiro atoms. The van der Waals surface area contributed by atoms with Crippen LogP contribution in [0, 0.1) is 5.92 Å². The molecule has 23 heavy (non-hydrogen) atoms. The number of sulfone groups is 1. The highest BCUT2D eigenvalue weighted by Crippen LogP contribution is 2.12. The second-order valence-electron chi connectivity index (χ2n) is 5.96. The van der Waals surface area contributed by atoms with Crippen molar-refractivity contribution in [3.05, 3.63) is 30.3 Å². The maximum absolute atomic E-state index is 12.5. The van der Waals surface area contributed by atoms with Crippen LogP contribution in [0.5, 0.6) is 0 Å². The summed E-state index contributed by atoms with van der Waals surface area (Å²) in [6, 6.07) is 8.41. The number of hydrogen-bond donors (Lipinski definition) is 2. The lowest BCUT2D eigenvalue weighted by atomic mass is 10.2. The Balaban J connectivity index is 2.81. The van der Waals surface area contributed by atoms with Gasteiger partial charge >= 0.3 is 0 Å². The standard InChI is InChI=1S/C17H29N3O2S/c1-5-15(20-17(18-6-2)19-12-14(3)4)13-23(21,22)16-10-8-7-9-11-16/h7-11,14-15H,5-6,12-13H2,1-4H3,(H2,18,19,20). The molecule has 1 atom stereocenters. The number of rotatable bonds is 8. The normalized spacial score (nSPS) is 13.9. The summed E-state index contributed by atoms with van der Waals surface area (Å²) >= 11 is 0. The lowest BCUT2D eigenvalue weighted by Crippen LogP contribution is -2.46. The van der Waals surface area contributed by atoms with E-state index in [9.17, 15) is 8.42 Å². The first-order valence-electron chi connectivity index (χ1n) is 8.21. The van der Waals surface area contributed by atoms with Gasteiger partial charge in [-0.2, -0.15) is 0 Å². The molecule has 1 aromatic rings. The number of guanidine groups is 1. The summed E-state index contributed by atoms with van der Waals surface area (Å²) in [5, 5.41) is 6.42. The van der Waals surface area contributed by atoms with Crippen molar-refractivity contribution in [1.29, 1.82) is 0 Å². The van der Waals surface area contributed by atoms with Gasteiger partial charge in [-0.3, -0.25) is 4.99 Å². The van der Waals surface area contributed by atoms with Crippen molar-refractivity contribution in [3.8, 4) is 0 Å². The number of nitrogens with one attached hydrogen (secondary N) is 2. The van der Waals surface area contributed by atoms with Crippen molar-refractivity contribution in [2.45, 2.75) is 45.1 Å². The van der Waals surface area contributed by atoms with Gasteiger partial charge in [0.15, 0.2) is 15.8 Å². The lowest BCUT2D eigenvalue weighted by Gasteiger charge is -2.20. The minimum Gasteiger partial charge on any atom is -0.357 e. The third-order valence-electron chi connectivity index (χ3n) is 3.32. The second kappa shape index (κ2) is 9.55. The Morgan fingerprint density at radius 2 is 1.83 bits per heavy atom. The Kier molecular flexibility index (Phi) is 8.09. The molecule has 1 rings (SSSR count). The fraction of sp³-hybridized carbons (Fsp3) is 0.588. The molecule has 0 aromatic heterocycles. The fourth-order valence-electron chi connectivity index (χ4n) is 2.04. The predicted octanol–water partition coefficient (Wildman–Crippen LogP) is 2.45. The maximum Gasteiger partial charge on any atom is 0.191 e. The minimum absolute atomic E-state index is 0.0552. The molecule has 0 saturated heterocycles. The molecule has 0 fully saturated rings. The van der Waals surface area contributed by atoms with Crippen molar-refractivity contribution < 1.29 is 8.42 Å². The first-order valence-corrected chi connectivity index (χ1v) is 9.86. The summed E-state index contributed by atoms with van der Waals surface area (Å²) in [4.78, 5) is 4.87. The molecule has 2 N–H and O–H groups in total. The first-order chi connectivity index (χ1) is 10.9. The average molecular weight is 340 g/mol. The molecule has 130 valence electrons. The van der Waals surface area contributed by atoms with Crippen LogP contribution in [0.2, 0.25) is 0 Å². The number of benzene rings is 1. The monoisotopic (exact) mass is 339 g/mol. The van der Waals surface area contributed by atoms with Crippen molar-refractivity contribution in [1.82, 2.24) is 10.6 Å². The van der Waals surface area contributed by atoms with Crippen LogP contribution in [-0.4, -0.2) is 39.3 Å². The van der Waals surface area contributed by atoms with E-state index < -0.39 is 9.84 Å². The van der Waals surface area contributed by atoms with Gasteiger partial charge in [-0.15, -0.1) is 0 Å². The number of hydrogen-bond acceptors (Lipinski definition) is 3. The van der Waals surface area contributed by atoms with E-state index >= 15 is 0 Å². The topological polar surface area (TPSA) is 70.6 Å². The highest BCUT2D eigenvalue weighted by Gasteiger charge is 2.20. The maximum atomic E-state index is 12.5. The van der Waals surface area contributed by atoms with E-state index in [1.54, 1.807) is 24.3 Å². The number of nitrogens with zero attached hydrogens (tertiary/aromatic N) is 1. The molecule has 5 nitrogen and oxygen atoms in total. The first kappa shape index (κ1) is 19.5. The van der Waals surface area contributed by atoms with Gasteiger partial charge in [0.05, 0.1) is 10.6 Å². The summed E-state index contributed by atoms with van der Waals surface area (Å²) in [6.07, 6.45) is 0.707. The minimum atomic E-state index is -3.31. The van der Waals surface area contributed by atoms with E-state index in [4.69, 9.17) is 0 Å². The summed E-state index contributed by atoms with van der Waals surface area (Å²) < 4.78 is 25.0. The Hall–Kier alpha value is -1.56. The van der Waals surface area contributed by atoms with E-state index in [2.05, 4.69) is 29.5 Å². The Bertz CT molecular complexity index is 583. The Morgan fingerprint density at radius 3 is 2.35 bits per heavy atom. The molecule has 0 radical (unpaired) electrons. The van der Waals surface area contributed by atoms with Crippen LogP contribution in [0.4, 0.5) is 0 Å². The van der Waals surface area contributed by atoms with Gasteiger partial charge in [-0.25, -0.2) is 8.42 Å². The van der Waals surface area contributed by atoms with Crippen molar-refractivity contribution in [2.24, 2.45) is 10.9 Å². The summed E-state index contributed by atoms with van der Waals surface area (Å²) in [5.74, 6) is 1.19. The van der Waals surface area contributed by atoms with Crippen LogP contribution in [0.3, 0.4) is 0 Å². The molecule has 1 unspecified atom stereocenters. The predicted molar refractivity (Wildman–Crippen MR) is 96.5 cm³/mol. The quantitative estimate of drug-likeness (QED) is 0.564. The number of aliphatic imine (C=N–C) groups is 1. The molecule has 0 saturated carbocycles. The van der Waals surface area contributed by atoms with Gasteiger partial charge in [-0.05, 0) is 31.4 Å². The summed E-state index contributed by atoms with van der Waals surface area (Å²) in [6.45, 7) is 9.62. The van der Waals surface area contributed by atoms with E-state index in [-0.39, 0.29) is 11.8 Å². The van der Waals surface area contributed by atoms with E-state index in [1.807, 2.05) is 19.9 Å². The van der Waals surface area contributed by atoms with Crippen LogP contribution < -0.4 is 10.6 Å². The smallest absolute Gasteiger partial charge is 0.191 e. The van der Waals surface area contributed by atoms with Crippen LogP contribution in [0.15, 0.2) is 40.2 Å². The zero-order chi connectivity index (χ0) is 17.3. The van der Waals surface area contributed by atoms with Crippen molar-refractivity contribution >= 4 is 15.8 Å². The molecule has 0 heterocycles. The summed E-state index contributed by atoms with van der Waals surface area (Å²) in [7, 11) is -3.31. The third-order valence-corrected chi connectivity index (χ3v) is 5.15. The zero-order valence-corrected chi connectivity index (χ0v) is 15.4. The molecule has 6 heteroatoms. The van der Waals surface area contributed by atoms with E-state index in [0.29, 0.717) is 29.7 Å². The lowest BCUT2D eigenvalue weighted by molar-refractivity contribution is 0.567. The zero-order valence-electron chi connectivity index (χ0n) is 14.5.